The Labute approximate surface area is 148 Å². The summed E-state index contributed by atoms with van der Waals surface area (Å²) in [4.78, 5) is 2.66. The van der Waals surface area contributed by atoms with Crippen LogP contribution in [-0.4, -0.2) is 51.2 Å². The summed E-state index contributed by atoms with van der Waals surface area (Å²) < 4.78 is 34.3. The lowest BCUT2D eigenvalue weighted by Gasteiger charge is -2.35. The standard InChI is InChI=1S/C17H23ClN2O3S/c1-11-15(18)3-2-4-17(11)24(21,22)19-13-7-14-10-23-16(12-5-6-12)9-20(14)8-13/h2-4,12-14,16,19H,5-10H2,1H3/t13-,14+,16+/m1/s1. The minimum Gasteiger partial charge on any atom is -0.375 e. The van der Waals surface area contributed by atoms with Gasteiger partial charge in [0, 0.05) is 30.2 Å². The molecule has 5 nitrogen and oxygen atoms in total. The van der Waals surface area contributed by atoms with E-state index in [0.717, 1.165) is 32.0 Å². The molecule has 1 aliphatic carbocycles. The van der Waals surface area contributed by atoms with Crippen molar-refractivity contribution in [1.29, 1.82) is 0 Å². The fourth-order valence-electron chi connectivity index (χ4n) is 3.90. The lowest BCUT2D eigenvalue weighted by Crippen LogP contribution is -2.47. The van der Waals surface area contributed by atoms with Gasteiger partial charge in [0.1, 0.15) is 0 Å². The molecule has 1 aromatic carbocycles. The molecule has 4 rings (SSSR count). The molecule has 7 heteroatoms. The van der Waals surface area contributed by atoms with E-state index >= 15 is 0 Å². The van der Waals surface area contributed by atoms with Gasteiger partial charge in [-0.1, -0.05) is 17.7 Å². The fourth-order valence-corrected chi connectivity index (χ4v) is 5.64. The molecule has 0 bridgehead atoms. The topological polar surface area (TPSA) is 58.6 Å². The summed E-state index contributed by atoms with van der Waals surface area (Å²) in [7, 11) is -3.56. The second-order valence-corrected chi connectivity index (χ2v) is 9.32. The maximum Gasteiger partial charge on any atom is 0.241 e. The highest BCUT2D eigenvalue weighted by Gasteiger charge is 2.43. The van der Waals surface area contributed by atoms with Gasteiger partial charge in [-0.2, -0.15) is 0 Å². The van der Waals surface area contributed by atoms with Gasteiger partial charge in [-0.15, -0.1) is 0 Å². The van der Waals surface area contributed by atoms with Crippen molar-refractivity contribution in [3.63, 3.8) is 0 Å². The normalized spacial score (nSPS) is 31.2. The van der Waals surface area contributed by atoms with Gasteiger partial charge in [-0.05, 0) is 49.8 Å². The molecule has 2 saturated heterocycles. The van der Waals surface area contributed by atoms with Gasteiger partial charge in [0.25, 0.3) is 0 Å². The summed E-state index contributed by atoms with van der Waals surface area (Å²) in [6, 6.07) is 5.25. The number of morpholine rings is 1. The molecule has 24 heavy (non-hydrogen) atoms. The minimum atomic E-state index is -3.56. The van der Waals surface area contributed by atoms with E-state index in [1.807, 2.05) is 0 Å². The van der Waals surface area contributed by atoms with Gasteiger partial charge >= 0.3 is 0 Å². The van der Waals surface area contributed by atoms with Crippen LogP contribution in [0.4, 0.5) is 0 Å². The average Bonchev–Trinajstić information content (AvgIpc) is 3.30. The zero-order valence-electron chi connectivity index (χ0n) is 13.7. The molecule has 0 aromatic heterocycles. The Balaban J connectivity index is 1.45. The Kier molecular flexibility index (Phi) is 4.37. The third-order valence-electron chi connectivity index (χ3n) is 5.42. The summed E-state index contributed by atoms with van der Waals surface area (Å²) in [5, 5.41) is 0.474. The molecule has 1 N–H and O–H groups in total. The number of ether oxygens (including phenoxy) is 1. The number of sulfonamides is 1. The molecule has 0 radical (unpaired) electrons. The SMILES string of the molecule is Cc1c(Cl)cccc1S(=O)(=O)N[C@@H]1C[C@H]2CO[C@H](C3CC3)CN2C1. The summed E-state index contributed by atoms with van der Waals surface area (Å²) in [5.74, 6) is 0.718. The van der Waals surface area contributed by atoms with Crippen LogP contribution in [0.5, 0.6) is 0 Å². The van der Waals surface area contributed by atoms with Crippen LogP contribution in [-0.2, 0) is 14.8 Å². The molecular formula is C17H23ClN2O3S. The molecule has 3 aliphatic rings. The number of nitrogens with zero attached hydrogens (tertiary/aromatic N) is 1. The van der Waals surface area contributed by atoms with Crippen molar-refractivity contribution in [2.75, 3.05) is 19.7 Å². The predicted molar refractivity (Wildman–Crippen MR) is 92.7 cm³/mol. The molecule has 0 spiro atoms. The molecule has 2 heterocycles. The second kappa shape index (κ2) is 6.25. The van der Waals surface area contributed by atoms with Crippen LogP contribution < -0.4 is 4.72 Å². The van der Waals surface area contributed by atoms with Crippen molar-refractivity contribution < 1.29 is 13.2 Å². The molecule has 3 fully saturated rings. The average molecular weight is 371 g/mol. The highest BCUT2D eigenvalue weighted by molar-refractivity contribution is 7.89. The number of halogens is 1. The molecule has 2 aliphatic heterocycles. The Bertz CT molecular complexity index is 735. The second-order valence-electron chi connectivity index (χ2n) is 7.23. The lowest BCUT2D eigenvalue weighted by molar-refractivity contribution is -0.0581. The van der Waals surface area contributed by atoms with Crippen LogP contribution in [0.25, 0.3) is 0 Å². The van der Waals surface area contributed by atoms with Gasteiger partial charge in [0.2, 0.25) is 10.0 Å². The van der Waals surface area contributed by atoms with Crippen molar-refractivity contribution in [1.82, 2.24) is 9.62 Å². The predicted octanol–water partition coefficient (Wildman–Crippen LogP) is 2.18. The van der Waals surface area contributed by atoms with E-state index < -0.39 is 10.0 Å². The van der Waals surface area contributed by atoms with Crippen molar-refractivity contribution in [2.24, 2.45) is 5.92 Å². The summed E-state index contributed by atoms with van der Waals surface area (Å²) in [6.45, 7) is 4.15. The van der Waals surface area contributed by atoms with Crippen LogP contribution in [0.3, 0.4) is 0 Å². The monoisotopic (exact) mass is 370 g/mol. The van der Waals surface area contributed by atoms with Crippen LogP contribution in [0.15, 0.2) is 23.1 Å². The zero-order valence-corrected chi connectivity index (χ0v) is 15.3. The molecule has 0 amide bonds. The molecule has 0 unspecified atom stereocenters. The van der Waals surface area contributed by atoms with Crippen LogP contribution >= 0.6 is 11.6 Å². The number of benzene rings is 1. The lowest BCUT2D eigenvalue weighted by atomic mass is 10.1. The van der Waals surface area contributed by atoms with Crippen molar-refractivity contribution in [2.45, 2.75) is 49.3 Å². The first kappa shape index (κ1) is 16.8. The summed E-state index contributed by atoms with van der Waals surface area (Å²) in [6.07, 6.45) is 3.68. The van der Waals surface area contributed by atoms with E-state index in [-0.39, 0.29) is 10.9 Å². The Morgan fingerprint density at radius 3 is 2.83 bits per heavy atom. The Hall–Kier alpha value is -0.660. The highest BCUT2D eigenvalue weighted by Crippen LogP contribution is 2.38. The fraction of sp³-hybridized carbons (Fsp3) is 0.647. The number of nitrogens with one attached hydrogen (secondary N) is 1. The first-order valence-corrected chi connectivity index (χ1v) is 10.4. The molecule has 132 valence electrons. The van der Waals surface area contributed by atoms with Gasteiger partial charge in [0.15, 0.2) is 0 Å². The molecular weight excluding hydrogens is 348 g/mol. The first-order chi connectivity index (χ1) is 11.4. The minimum absolute atomic E-state index is 0.0695. The Morgan fingerprint density at radius 1 is 1.29 bits per heavy atom. The van der Waals surface area contributed by atoms with Crippen LogP contribution in [0.2, 0.25) is 5.02 Å². The van der Waals surface area contributed by atoms with Crippen LogP contribution in [0, 0.1) is 12.8 Å². The molecule has 1 aromatic rings. The van der Waals surface area contributed by atoms with E-state index in [2.05, 4.69) is 9.62 Å². The number of fused-ring (bicyclic) bond motifs is 1. The quantitative estimate of drug-likeness (QED) is 0.882. The number of hydrogen-bond acceptors (Lipinski definition) is 4. The Morgan fingerprint density at radius 2 is 2.08 bits per heavy atom. The molecule has 3 atom stereocenters. The number of rotatable bonds is 4. The summed E-state index contributed by atoms with van der Waals surface area (Å²) >= 11 is 6.07. The van der Waals surface area contributed by atoms with E-state index in [1.54, 1.807) is 25.1 Å². The first-order valence-electron chi connectivity index (χ1n) is 8.57. The maximum atomic E-state index is 12.7. The van der Waals surface area contributed by atoms with Crippen molar-refractivity contribution in [3.8, 4) is 0 Å². The van der Waals surface area contributed by atoms with E-state index in [9.17, 15) is 8.42 Å². The highest BCUT2D eigenvalue weighted by atomic mass is 35.5. The van der Waals surface area contributed by atoms with E-state index in [4.69, 9.17) is 16.3 Å². The summed E-state index contributed by atoms with van der Waals surface area (Å²) in [5.41, 5.74) is 0.597. The van der Waals surface area contributed by atoms with Crippen molar-refractivity contribution in [3.05, 3.63) is 28.8 Å². The third-order valence-corrected chi connectivity index (χ3v) is 7.50. The smallest absolute Gasteiger partial charge is 0.241 e. The van der Waals surface area contributed by atoms with Crippen molar-refractivity contribution >= 4 is 21.6 Å². The van der Waals surface area contributed by atoms with E-state index in [1.165, 1.54) is 12.8 Å². The van der Waals surface area contributed by atoms with Gasteiger partial charge in [-0.3, -0.25) is 4.90 Å². The van der Waals surface area contributed by atoms with E-state index in [0.29, 0.717) is 22.7 Å². The van der Waals surface area contributed by atoms with Gasteiger partial charge in [0.05, 0.1) is 17.6 Å². The maximum absolute atomic E-state index is 12.7. The molecule has 1 saturated carbocycles. The third kappa shape index (κ3) is 3.22. The van der Waals surface area contributed by atoms with Gasteiger partial charge in [-0.25, -0.2) is 13.1 Å². The largest absolute Gasteiger partial charge is 0.375 e. The zero-order chi connectivity index (χ0) is 16.9. The number of hydrogen-bond donors (Lipinski definition) is 1. The van der Waals surface area contributed by atoms with Crippen LogP contribution in [0.1, 0.15) is 24.8 Å². The van der Waals surface area contributed by atoms with Gasteiger partial charge < -0.3 is 4.74 Å².